The first-order chi connectivity index (χ1) is 10.6. The minimum atomic E-state index is -0.742. The van der Waals surface area contributed by atoms with E-state index in [1.807, 2.05) is 74.5 Å². The fourth-order valence-corrected chi connectivity index (χ4v) is 1.55. The molecule has 0 aliphatic carbocycles. The van der Waals surface area contributed by atoms with Crippen LogP contribution in [0.5, 0.6) is 0 Å². The third-order valence-electron chi connectivity index (χ3n) is 2.61. The van der Waals surface area contributed by atoms with Crippen LogP contribution >= 0.6 is 0 Å². The van der Waals surface area contributed by atoms with Crippen molar-refractivity contribution in [1.29, 1.82) is 0 Å². The number of carbonyl (C=O) groups is 1. The van der Waals surface area contributed by atoms with Crippen molar-refractivity contribution in [2.75, 3.05) is 0 Å². The van der Waals surface area contributed by atoms with Gasteiger partial charge >= 0.3 is 5.97 Å². The van der Waals surface area contributed by atoms with Gasteiger partial charge in [0.2, 0.25) is 0 Å². The number of carboxylic acids is 1. The second kappa shape index (κ2) is 12.2. The lowest BCUT2D eigenvalue weighted by atomic mass is 10.1. The summed E-state index contributed by atoms with van der Waals surface area (Å²) >= 11 is 0. The van der Waals surface area contributed by atoms with Crippen molar-refractivity contribution in [3.63, 3.8) is 0 Å². The Bertz CT molecular complexity index is 536. The molecule has 118 valence electrons. The molecule has 22 heavy (non-hydrogen) atoms. The van der Waals surface area contributed by atoms with E-state index in [9.17, 15) is 4.79 Å². The van der Waals surface area contributed by atoms with Gasteiger partial charge < -0.3 is 10.8 Å². The molecule has 0 heterocycles. The maximum atomic E-state index is 10.2. The first kappa shape index (κ1) is 19.4. The van der Waals surface area contributed by atoms with E-state index in [1.165, 1.54) is 0 Å². The fourth-order valence-electron chi connectivity index (χ4n) is 1.55. The van der Waals surface area contributed by atoms with Gasteiger partial charge in [0.05, 0.1) is 0 Å². The molecule has 0 fully saturated rings. The van der Waals surface area contributed by atoms with Crippen molar-refractivity contribution in [1.82, 2.24) is 0 Å². The van der Waals surface area contributed by atoms with Crippen molar-refractivity contribution in [3.05, 3.63) is 78.4 Å². The normalized spacial score (nSPS) is 8.64. The maximum Gasteiger partial charge on any atom is 0.303 e. The van der Waals surface area contributed by atoms with Crippen molar-refractivity contribution in [3.8, 4) is 0 Å². The number of nitrogens with two attached hydrogens (primary N) is 1. The predicted octanol–water partition coefficient (Wildman–Crippen LogP) is 4.35. The van der Waals surface area contributed by atoms with E-state index in [0.717, 1.165) is 11.1 Å². The van der Waals surface area contributed by atoms with Gasteiger partial charge in [0.1, 0.15) is 0 Å². The number of aliphatic carboxylic acids is 1. The van der Waals surface area contributed by atoms with Gasteiger partial charge in [-0.25, -0.2) is 0 Å². The number of aryl methyl sites for hydroxylation is 1. The van der Waals surface area contributed by atoms with E-state index >= 15 is 0 Å². The van der Waals surface area contributed by atoms with Gasteiger partial charge in [0, 0.05) is 12.1 Å². The molecule has 2 rings (SSSR count). The highest BCUT2D eigenvalue weighted by atomic mass is 16.4. The minimum Gasteiger partial charge on any atom is -0.481 e. The van der Waals surface area contributed by atoms with Crippen LogP contribution in [0.2, 0.25) is 0 Å². The van der Waals surface area contributed by atoms with E-state index in [1.54, 1.807) is 0 Å². The molecule has 3 N–H and O–H groups in total. The average Bonchev–Trinajstić information content (AvgIpc) is 2.57. The van der Waals surface area contributed by atoms with Gasteiger partial charge in [-0.15, -0.1) is 0 Å². The highest BCUT2D eigenvalue weighted by Gasteiger charge is 1.96. The monoisotopic (exact) mass is 299 g/mol. The van der Waals surface area contributed by atoms with Crippen LogP contribution in [-0.4, -0.2) is 11.1 Å². The molecular formula is C19H25NO2. The van der Waals surface area contributed by atoms with Crippen molar-refractivity contribution in [2.45, 2.75) is 26.7 Å². The number of carboxylic acid groups (broad SMARTS) is 1. The van der Waals surface area contributed by atoms with Gasteiger partial charge in [0.25, 0.3) is 0 Å². The SMILES string of the molecule is C=C(N)c1ccccc1.CC.O=C(O)CCc1ccccc1. The number of benzene rings is 2. The molecule has 0 spiro atoms. The number of hydrogen-bond donors (Lipinski definition) is 2. The van der Waals surface area contributed by atoms with Crippen molar-refractivity contribution >= 4 is 11.7 Å². The molecule has 0 atom stereocenters. The summed E-state index contributed by atoms with van der Waals surface area (Å²) in [6.45, 7) is 7.60. The van der Waals surface area contributed by atoms with E-state index in [4.69, 9.17) is 10.8 Å². The summed E-state index contributed by atoms with van der Waals surface area (Å²) in [6.07, 6.45) is 0.834. The fraction of sp³-hybridized carbons (Fsp3) is 0.211. The highest BCUT2D eigenvalue weighted by molar-refractivity contribution is 5.67. The van der Waals surface area contributed by atoms with Crippen LogP contribution in [0.4, 0.5) is 0 Å². The standard InChI is InChI=1S/C9H10O2.C8H9N.C2H6/c10-9(11)7-6-8-4-2-1-3-5-8;1-7(9)8-5-3-2-4-6-8;1-2/h1-5H,6-7H2,(H,10,11);2-6H,1,9H2;1-2H3. The Hall–Kier alpha value is -2.55. The first-order valence-electron chi connectivity index (χ1n) is 7.35. The molecule has 0 saturated heterocycles. The van der Waals surface area contributed by atoms with Crippen LogP contribution in [0.1, 0.15) is 31.4 Å². The van der Waals surface area contributed by atoms with Gasteiger partial charge in [-0.3, -0.25) is 4.79 Å². The summed E-state index contributed by atoms with van der Waals surface area (Å²) in [5.41, 5.74) is 8.12. The summed E-state index contributed by atoms with van der Waals surface area (Å²) in [5, 5.41) is 8.37. The summed E-state index contributed by atoms with van der Waals surface area (Å²) in [4.78, 5) is 10.2. The molecule has 0 amide bonds. The van der Waals surface area contributed by atoms with Gasteiger partial charge in [-0.1, -0.05) is 81.1 Å². The summed E-state index contributed by atoms with van der Waals surface area (Å²) in [6, 6.07) is 19.3. The second-order valence-corrected chi connectivity index (χ2v) is 4.27. The molecule has 0 aromatic heterocycles. The van der Waals surface area contributed by atoms with Gasteiger partial charge in [0.15, 0.2) is 0 Å². The van der Waals surface area contributed by atoms with Gasteiger partial charge in [-0.05, 0) is 17.5 Å². The molecule has 0 saturated carbocycles. The summed E-state index contributed by atoms with van der Waals surface area (Å²) in [7, 11) is 0. The molecular weight excluding hydrogens is 274 g/mol. The third kappa shape index (κ3) is 9.37. The molecule has 2 aromatic rings. The molecule has 3 heteroatoms. The van der Waals surface area contributed by atoms with Crippen LogP contribution in [0.15, 0.2) is 67.2 Å². The molecule has 0 aliphatic heterocycles. The topological polar surface area (TPSA) is 63.3 Å². The average molecular weight is 299 g/mol. The Morgan fingerprint density at radius 2 is 1.45 bits per heavy atom. The molecule has 0 bridgehead atoms. The van der Waals surface area contributed by atoms with E-state index in [-0.39, 0.29) is 6.42 Å². The molecule has 0 aliphatic rings. The van der Waals surface area contributed by atoms with Crippen LogP contribution in [0, 0.1) is 0 Å². The Labute approximate surface area is 133 Å². The molecule has 2 aromatic carbocycles. The molecule has 0 radical (unpaired) electrons. The Kier molecular flexibility index (Phi) is 10.8. The lowest BCUT2D eigenvalue weighted by molar-refractivity contribution is -0.136. The Morgan fingerprint density at radius 1 is 1.00 bits per heavy atom. The summed E-state index contributed by atoms with van der Waals surface area (Å²) < 4.78 is 0. The lowest BCUT2D eigenvalue weighted by Gasteiger charge is -1.95. The number of rotatable bonds is 4. The van der Waals surface area contributed by atoms with Crippen LogP contribution < -0.4 is 5.73 Å². The second-order valence-electron chi connectivity index (χ2n) is 4.27. The molecule has 0 unspecified atom stereocenters. The van der Waals surface area contributed by atoms with Crippen LogP contribution in [-0.2, 0) is 11.2 Å². The van der Waals surface area contributed by atoms with E-state index < -0.39 is 5.97 Å². The quantitative estimate of drug-likeness (QED) is 0.882. The summed E-state index contributed by atoms with van der Waals surface area (Å²) in [5.74, 6) is -0.742. The van der Waals surface area contributed by atoms with E-state index in [2.05, 4.69) is 6.58 Å². The van der Waals surface area contributed by atoms with Crippen LogP contribution in [0.3, 0.4) is 0 Å². The first-order valence-corrected chi connectivity index (χ1v) is 7.35. The predicted molar refractivity (Wildman–Crippen MR) is 93.4 cm³/mol. The van der Waals surface area contributed by atoms with Crippen molar-refractivity contribution in [2.24, 2.45) is 5.73 Å². The molecule has 3 nitrogen and oxygen atoms in total. The zero-order valence-corrected chi connectivity index (χ0v) is 13.3. The highest BCUT2D eigenvalue weighted by Crippen LogP contribution is 2.03. The maximum absolute atomic E-state index is 10.2. The van der Waals surface area contributed by atoms with E-state index in [0.29, 0.717) is 12.1 Å². The number of hydrogen-bond acceptors (Lipinski definition) is 2. The van der Waals surface area contributed by atoms with Crippen LogP contribution in [0.25, 0.3) is 5.70 Å². The zero-order chi connectivity index (χ0) is 16.8. The Morgan fingerprint density at radius 3 is 1.82 bits per heavy atom. The lowest BCUT2D eigenvalue weighted by Crippen LogP contribution is -1.96. The Balaban J connectivity index is 0.000000366. The largest absolute Gasteiger partial charge is 0.481 e. The van der Waals surface area contributed by atoms with Crippen molar-refractivity contribution < 1.29 is 9.90 Å². The zero-order valence-electron chi connectivity index (χ0n) is 13.3. The third-order valence-corrected chi connectivity index (χ3v) is 2.61. The van der Waals surface area contributed by atoms with Gasteiger partial charge in [-0.2, -0.15) is 0 Å². The smallest absolute Gasteiger partial charge is 0.303 e. The minimum absolute atomic E-state index is 0.212.